The van der Waals surface area contributed by atoms with Crippen molar-refractivity contribution in [3.8, 4) is 5.75 Å². The lowest BCUT2D eigenvalue weighted by Crippen LogP contribution is -2.45. The van der Waals surface area contributed by atoms with E-state index >= 15 is 0 Å². The molecule has 1 saturated carbocycles. The molecule has 0 unspecified atom stereocenters. The van der Waals surface area contributed by atoms with Gasteiger partial charge in [0.2, 0.25) is 0 Å². The van der Waals surface area contributed by atoms with Gasteiger partial charge in [0.05, 0.1) is 49.1 Å². The van der Waals surface area contributed by atoms with Crippen molar-refractivity contribution in [2.45, 2.75) is 44.4 Å². The predicted molar refractivity (Wildman–Crippen MR) is 85.0 cm³/mol. The summed E-state index contributed by atoms with van der Waals surface area (Å²) in [7, 11) is 0. The molecule has 2 fully saturated rings. The largest absolute Gasteiger partial charge is 0.482 e. The van der Waals surface area contributed by atoms with E-state index in [4.69, 9.17) is 9.47 Å². The Morgan fingerprint density at radius 1 is 1.46 bits per heavy atom. The third-order valence-corrected chi connectivity index (χ3v) is 4.46. The standard InChI is InChI=1S/C16H21N5O3/c1-2-21-7-11(5-18-21)24-14-9-23-8-13(14)19-16(22)12-6-17-20-15(12)10-3-4-10/h5-7,10,13-14H,2-4,8-9H2,1H3,(H,17,20)(H,19,22)/t13-,14+/m0/s1. The molecule has 24 heavy (non-hydrogen) atoms. The quantitative estimate of drug-likeness (QED) is 0.826. The molecule has 0 aromatic carbocycles. The average molecular weight is 331 g/mol. The summed E-state index contributed by atoms with van der Waals surface area (Å²) in [4.78, 5) is 12.6. The minimum absolute atomic E-state index is 0.126. The summed E-state index contributed by atoms with van der Waals surface area (Å²) in [6.07, 6.45) is 7.13. The topological polar surface area (TPSA) is 94.1 Å². The van der Waals surface area contributed by atoms with Crippen molar-refractivity contribution in [1.82, 2.24) is 25.3 Å². The minimum Gasteiger partial charge on any atom is -0.482 e. The second-order valence-electron chi connectivity index (χ2n) is 6.28. The fourth-order valence-electron chi connectivity index (χ4n) is 2.95. The number of aryl methyl sites for hydroxylation is 1. The van der Waals surface area contributed by atoms with Crippen molar-refractivity contribution in [2.24, 2.45) is 0 Å². The van der Waals surface area contributed by atoms with E-state index in [0.29, 0.717) is 30.4 Å². The lowest BCUT2D eigenvalue weighted by molar-refractivity contribution is 0.0903. The highest BCUT2D eigenvalue weighted by Crippen LogP contribution is 2.40. The van der Waals surface area contributed by atoms with Crippen LogP contribution in [0.15, 0.2) is 18.6 Å². The summed E-state index contributed by atoms with van der Waals surface area (Å²) >= 11 is 0. The maximum Gasteiger partial charge on any atom is 0.255 e. The molecule has 2 N–H and O–H groups in total. The fourth-order valence-corrected chi connectivity index (χ4v) is 2.95. The molecule has 2 atom stereocenters. The average Bonchev–Trinajstić information content (AvgIpc) is 3.01. The van der Waals surface area contributed by atoms with Gasteiger partial charge in [0.15, 0.2) is 5.75 Å². The molecule has 0 radical (unpaired) electrons. The molecular formula is C16H21N5O3. The van der Waals surface area contributed by atoms with E-state index in [1.165, 1.54) is 0 Å². The lowest BCUT2D eigenvalue weighted by Gasteiger charge is -2.19. The highest BCUT2D eigenvalue weighted by Gasteiger charge is 2.34. The Balaban J connectivity index is 1.41. The van der Waals surface area contributed by atoms with Crippen molar-refractivity contribution >= 4 is 5.91 Å². The van der Waals surface area contributed by atoms with Crippen LogP contribution < -0.4 is 10.1 Å². The summed E-state index contributed by atoms with van der Waals surface area (Å²) in [5, 5.41) is 14.2. The van der Waals surface area contributed by atoms with Crippen LogP contribution in [-0.2, 0) is 11.3 Å². The molecule has 1 amide bonds. The number of aromatic amines is 1. The molecule has 2 aromatic heterocycles. The molecule has 0 bridgehead atoms. The molecule has 8 nitrogen and oxygen atoms in total. The Morgan fingerprint density at radius 3 is 3.08 bits per heavy atom. The molecule has 1 aliphatic heterocycles. The van der Waals surface area contributed by atoms with E-state index in [0.717, 1.165) is 25.1 Å². The zero-order valence-electron chi connectivity index (χ0n) is 13.6. The van der Waals surface area contributed by atoms with Crippen LogP contribution in [0.2, 0.25) is 0 Å². The lowest BCUT2D eigenvalue weighted by atomic mass is 10.1. The number of amides is 1. The number of hydrogen-bond acceptors (Lipinski definition) is 5. The van der Waals surface area contributed by atoms with Gasteiger partial charge in [-0.3, -0.25) is 14.6 Å². The highest BCUT2D eigenvalue weighted by atomic mass is 16.5. The first-order chi connectivity index (χ1) is 11.7. The van der Waals surface area contributed by atoms with Crippen LogP contribution in [-0.4, -0.2) is 51.2 Å². The van der Waals surface area contributed by atoms with E-state index < -0.39 is 0 Å². The van der Waals surface area contributed by atoms with Crippen LogP contribution in [0.5, 0.6) is 5.75 Å². The number of hydrogen-bond donors (Lipinski definition) is 2. The van der Waals surface area contributed by atoms with Gasteiger partial charge in [0.25, 0.3) is 5.91 Å². The summed E-state index contributed by atoms with van der Waals surface area (Å²) < 4.78 is 13.2. The molecule has 128 valence electrons. The number of ether oxygens (including phenoxy) is 2. The van der Waals surface area contributed by atoms with Crippen LogP contribution >= 0.6 is 0 Å². The van der Waals surface area contributed by atoms with E-state index in [1.54, 1.807) is 17.1 Å². The SMILES string of the molecule is CCn1cc(O[C@@H]2COC[C@@H]2NC(=O)c2cn[nH]c2C2CC2)cn1. The fraction of sp³-hybridized carbons (Fsp3) is 0.562. The van der Waals surface area contributed by atoms with Crippen LogP contribution in [0.3, 0.4) is 0 Å². The summed E-state index contributed by atoms with van der Waals surface area (Å²) in [6.45, 7) is 3.69. The Labute approximate surface area is 139 Å². The number of carbonyl (C=O) groups is 1. The molecule has 3 heterocycles. The third-order valence-electron chi connectivity index (χ3n) is 4.46. The Kier molecular flexibility index (Phi) is 3.97. The van der Waals surface area contributed by atoms with Crippen molar-refractivity contribution in [2.75, 3.05) is 13.2 Å². The van der Waals surface area contributed by atoms with Crippen LogP contribution in [0.25, 0.3) is 0 Å². The third kappa shape index (κ3) is 3.01. The molecular weight excluding hydrogens is 310 g/mol. The first-order valence-electron chi connectivity index (χ1n) is 8.35. The maximum absolute atomic E-state index is 12.6. The van der Waals surface area contributed by atoms with Gasteiger partial charge in [-0.1, -0.05) is 0 Å². The van der Waals surface area contributed by atoms with Gasteiger partial charge >= 0.3 is 0 Å². The predicted octanol–water partition coefficient (Wildman–Crippen LogP) is 1.08. The maximum atomic E-state index is 12.6. The molecule has 1 saturated heterocycles. The zero-order valence-corrected chi connectivity index (χ0v) is 13.6. The number of nitrogens with one attached hydrogen (secondary N) is 2. The van der Waals surface area contributed by atoms with Gasteiger partial charge in [-0.05, 0) is 19.8 Å². The molecule has 2 aromatic rings. The monoisotopic (exact) mass is 331 g/mol. The Bertz CT molecular complexity index is 721. The smallest absolute Gasteiger partial charge is 0.255 e. The van der Waals surface area contributed by atoms with Gasteiger partial charge in [-0.2, -0.15) is 10.2 Å². The van der Waals surface area contributed by atoms with Gasteiger partial charge in [0, 0.05) is 12.5 Å². The van der Waals surface area contributed by atoms with Crippen molar-refractivity contribution in [1.29, 1.82) is 0 Å². The van der Waals surface area contributed by atoms with Gasteiger partial charge in [-0.15, -0.1) is 0 Å². The second kappa shape index (κ2) is 6.27. The molecule has 2 aliphatic rings. The number of H-pyrrole nitrogens is 1. The van der Waals surface area contributed by atoms with Crippen molar-refractivity contribution < 1.29 is 14.3 Å². The summed E-state index contributed by atoms with van der Waals surface area (Å²) in [6, 6.07) is -0.190. The summed E-state index contributed by atoms with van der Waals surface area (Å²) in [5.74, 6) is 1.01. The van der Waals surface area contributed by atoms with E-state index in [2.05, 4.69) is 20.6 Å². The second-order valence-corrected chi connectivity index (χ2v) is 6.28. The normalized spacial score (nSPS) is 23.4. The minimum atomic E-state index is -0.222. The number of rotatable bonds is 6. The molecule has 4 rings (SSSR count). The first-order valence-corrected chi connectivity index (χ1v) is 8.35. The van der Waals surface area contributed by atoms with Gasteiger partial charge in [-0.25, -0.2) is 0 Å². The molecule has 0 spiro atoms. The van der Waals surface area contributed by atoms with E-state index in [-0.39, 0.29) is 18.1 Å². The number of aromatic nitrogens is 4. The Hall–Kier alpha value is -2.35. The van der Waals surface area contributed by atoms with E-state index in [9.17, 15) is 4.79 Å². The first kappa shape index (κ1) is 15.2. The van der Waals surface area contributed by atoms with Gasteiger partial charge in [0.1, 0.15) is 6.10 Å². The van der Waals surface area contributed by atoms with Crippen molar-refractivity contribution in [3.63, 3.8) is 0 Å². The zero-order chi connectivity index (χ0) is 16.5. The van der Waals surface area contributed by atoms with Gasteiger partial charge < -0.3 is 14.8 Å². The Morgan fingerprint density at radius 2 is 2.33 bits per heavy atom. The highest BCUT2D eigenvalue weighted by molar-refractivity contribution is 5.95. The van der Waals surface area contributed by atoms with E-state index in [1.807, 2.05) is 13.1 Å². The summed E-state index contributed by atoms with van der Waals surface area (Å²) in [5.41, 5.74) is 1.56. The van der Waals surface area contributed by atoms with Crippen molar-refractivity contribution in [3.05, 3.63) is 29.8 Å². The number of carbonyl (C=O) groups excluding carboxylic acids is 1. The molecule has 8 heteroatoms. The molecule has 1 aliphatic carbocycles. The van der Waals surface area contributed by atoms with Crippen LogP contribution in [0.4, 0.5) is 0 Å². The van der Waals surface area contributed by atoms with Crippen LogP contribution in [0.1, 0.15) is 41.7 Å². The van der Waals surface area contributed by atoms with Crippen LogP contribution in [0, 0.1) is 0 Å². The number of nitrogens with zero attached hydrogens (tertiary/aromatic N) is 3.